The predicted molar refractivity (Wildman–Crippen MR) is 61.1 cm³/mol. The smallest absolute Gasteiger partial charge is 0.123 e. The molecule has 0 unspecified atom stereocenters. The summed E-state index contributed by atoms with van der Waals surface area (Å²) in [5, 5.41) is 0.711. The molecule has 0 radical (unpaired) electrons. The summed E-state index contributed by atoms with van der Waals surface area (Å²) in [6.07, 6.45) is 0. The Morgan fingerprint density at radius 1 is 1.21 bits per heavy atom. The summed E-state index contributed by atoms with van der Waals surface area (Å²) in [4.78, 5) is 0. The molecule has 1 aromatic carbocycles. The molecule has 1 rings (SSSR count). The summed E-state index contributed by atoms with van der Waals surface area (Å²) in [6, 6.07) is 5.58. The van der Waals surface area contributed by atoms with Crippen molar-refractivity contribution in [2.75, 3.05) is 14.3 Å². The lowest BCUT2D eigenvalue weighted by molar-refractivity contribution is 0.412. The van der Waals surface area contributed by atoms with E-state index in [0.717, 1.165) is 11.3 Å². The van der Waals surface area contributed by atoms with Crippen LogP contribution in [0.1, 0.15) is 19.4 Å². The Hall–Kier alpha value is -0.760. The van der Waals surface area contributed by atoms with Gasteiger partial charge in [-0.1, -0.05) is 31.5 Å². The van der Waals surface area contributed by atoms with Gasteiger partial charge in [0.1, 0.15) is 5.75 Å². The number of aryl methyl sites for hydroxylation is 1. The number of hydrogen-bond acceptors (Lipinski definition) is 1. The Morgan fingerprint density at radius 3 is 2.07 bits per heavy atom. The summed E-state index contributed by atoms with van der Waals surface area (Å²) in [7, 11) is 2.14. The summed E-state index contributed by atoms with van der Waals surface area (Å²) < 4.78 is 14.5. The normalized spacial score (nSPS) is 7.64. The first-order valence-corrected chi connectivity index (χ1v) is 4.80. The van der Waals surface area contributed by atoms with E-state index in [1.165, 1.54) is 0 Å². The molecule has 0 aliphatic carbocycles. The molecule has 0 atom stereocenters. The Bertz CT molecular complexity index is 239. The third-order valence-electron chi connectivity index (χ3n) is 1.37. The maximum Gasteiger partial charge on any atom is 0.123 e. The third kappa shape index (κ3) is 5.81. The fraction of sp³-hybridized carbons (Fsp3) is 0.455. The van der Waals surface area contributed by atoms with Crippen LogP contribution >= 0.6 is 11.6 Å². The lowest BCUT2D eigenvalue weighted by atomic mass is 10.2. The van der Waals surface area contributed by atoms with Crippen molar-refractivity contribution in [1.29, 1.82) is 0 Å². The van der Waals surface area contributed by atoms with Crippen molar-refractivity contribution in [3.63, 3.8) is 0 Å². The van der Waals surface area contributed by atoms with Crippen molar-refractivity contribution in [2.45, 2.75) is 20.8 Å². The maximum atomic E-state index is 9.50. The van der Waals surface area contributed by atoms with E-state index in [1.54, 1.807) is 13.2 Å². The molecule has 1 nitrogen and oxygen atoms in total. The first kappa shape index (κ1) is 15.7. The summed E-state index contributed by atoms with van der Waals surface area (Å²) in [5.74, 6) is 0.840. The molecular weight excluding hydrogens is 203 g/mol. The topological polar surface area (TPSA) is 9.23 Å². The number of ether oxygens (including phenoxy) is 1. The SMILES string of the molecule is CC.CF.COc1cc(Cl)ccc1C. The highest BCUT2D eigenvalue weighted by molar-refractivity contribution is 6.30. The van der Waals surface area contributed by atoms with Gasteiger partial charge in [0.2, 0.25) is 0 Å². The van der Waals surface area contributed by atoms with Gasteiger partial charge in [0.05, 0.1) is 14.3 Å². The molecule has 1 aromatic rings. The molecule has 0 aliphatic heterocycles. The highest BCUT2D eigenvalue weighted by Gasteiger charge is 1.96. The number of methoxy groups -OCH3 is 1. The molecule has 0 saturated heterocycles. The van der Waals surface area contributed by atoms with Gasteiger partial charge in [0, 0.05) is 5.02 Å². The molecule has 0 N–H and O–H groups in total. The van der Waals surface area contributed by atoms with E-state index >= 15 is 0 Å². The molecule has 0 heterocycles. The largest absolute Gasteiger partial charge is 0.496 e. The van der Waals surface area contributed by atoms with E-state index in [9.17, 15) is 4.39 Å². The molecule has 0 aliphatic rings. The zero-order valence-corrected chi connectivity index (χ0v) is 10.2. The number of alkyl halides is 1. The van der Waals surface area contributed by atoms with E-state index in [1.807, 2.05) is 32.9 Å². The van der Waals surface area contributed by atoms with Gasteiger partial charge in [0.25, 0.3) is 0 Å². The van der Waals surface area contributed by atoms with Crippen molar-refractivity contribution < 1.29 is 9.13 Å². The van der Waals surface area contributed by atoms with E-state index < -0.39 is 0 Å². The van der Waals surface area contributed by atoms with Crippen molar-refractivity contribution in [3.05, 3.63) is 28.8 Å². The summed E-state index contributed by atoms with van der Waals surface area (Å²) in [5.41, 5.74) is 1.10. The van der Waals surface area contributed by atoms with Crippen LogP contribution in [0.2, 0.25) is 5.02 Å². The molecular formula is C11H18ClFO. The molecule has 14 heavy (non-hydrogen) atoms. The van der Waals surface area contributed by atoms with Gasteiger partial charge in [-0.25, -0.2) is 0 Å². The van der Waals surface area contributed by atoms with Gasteiger partial charge in [-0.05, 0) is 24.6 Å². The van der Waals surface area contributed by atoms with Crippen LogP contribution in [0, 0.1) is 6.92 Å². The molecule has 3 heteroatoms. The van der Waals surface area contributed by atoms with Crippen LogP contribution in [0.4, 0.5) is 4.39 Å². The quantitative estimate of drug-likeness (QED) is 0.687. The minimum atomic E-state index is 0.500. The molecule has 0 spiro atoms. The van der Waals surface area contributed by atoms with Crippen LogP contribution in [-0.4, -0.2) is 14.3 Å². The molecule has 0 bridgehead atoms. The first-order valence-electron chi connectivity index (χ1n) is 4.42. The second kappa shape index (κ2) is 10.3. The second-order valence-electron chi connectivity index (χ2n) is 2.11. The van der Waals surface area contributed by atoms with Crippen molar-refractivity contribution >= 4 is 11.6 Å². The number of halogens is 2. The molecule has 0 saturated carbocycles. The Labute approximate surface area is 90.9 Å². The zero-order valence-electron chi connectivity index (χ0n) is 9.40. The van der Waals surface area contributed by atoms with E-state index in [4.69, 9.17) is 16.3 Å². The average Bonchev–Trinajstić information content (AvgIpc) is 2.27. The highest BCUT2D eigenvalue weighted by atomic mass is 35.5. The minimum absolute atomic E-state index is 0.500. The van der Waals surface area contributed by atoms with Crippen molar-refractivity contribution in [2.24, 2.45) is 0 Å². The first-order chi connectivity index (χ1) is 6.74. The Morgan fingerprint density at radius 2 is 1.71 bits per heavy atom. The molecule has 82 valence electrons. The Kier molecular flexibility index (Phi) is 11.6. The molecule has 0 amide bonds. The van der Waals surface area contributed by atoms with Crippen LogP contribution in [0.5, 0.6) is 5.75 Å². The van der Waals surface area contributed by atoms with E-state index in [0.29, 0.717) is 12.2 Å². The van der Waals surface area contributed by atoms with Gasteiger partial charge in [-0.3, -0.25) is 4.39 Å². The predicted octanol–water partition coefficient (Wildman–Crippen LogP) is 4.27. The summed E-state index contributed by atoms with van der Waals surface area (Å²) >= 11 is 5.72. The minimum Gasteiger partial charge on any atom is -0.496 e. The number of rotatable bonds is 1. The molecule has 0 aromatic heterocycles. The van der Waals surface area contributed by atoms with Crippen molar-refractivity contribution in [3.8, 4) is 5.75 Å². The zero-order chi connectivity index (χ0) is 11.6. The van der Waals surface area contributed by atoms with Crippen LogP contribution < -0.4 is 4.74 Å². The van der Waals surface area contributed by atoms with Crippen LogP contribution in [0.15, 0.2) is 18.2 Å². The average molecular weight is 221 g/mol. The number of hydrogen-bond donors (Lipinski definition) is 0. The van der Waals surface area contributed by atoms with Gasteiger partial charge < -0.3 is 4.74 Å². The standard InChI is InChI=1S/C8H9ClO.C2H6.CH3F/c1-6-3-4-7(9)5-8(6)10-2;2*1-2/h3-5H,1-2H3;1-2H3;1H3. The summed E-state index contributed by atoms with van der Waals surface area (Å²) in [6.45, 7) is 5.98. The van der Waals surface area contributed by atoms with Gasteiger partial charge in [0.15, 0.2) is 0 Å². The lowest BCUT2D eigenvalue weighted by Crippen LogP contribution is -1.85. The third-order valence-corrected chi connectivity index (χ3v) is 1.61. The van der Waals surface area contributed by atoms with Gasteiger partial charge in [-0.2, -0.15) is 0 Å². The van der Waals surface area contributed by atoms with Gasteiger partial charge in [-0.15, -0.1) is 0 Å². The number of benzene rings is 1. The van der Waals surface area contributed by atoms with Crippen molar-refractivity contribution in [1.82, 2.24) is 0 Å². The van der Waals surface area contributed by atoms with Gasteiger partial charge >= 0.3 is 0 Å². The Balaban J connectivity index is 0. The van der Waals surface area contributed by atoms with Crippen LogP contribution in [-0.2, 0) is 0 Å². The fourth-order valence-corrected chi connectivity index (χ4v) is 0.956. The lowest BCUT2D eigenvalue weighted by Gasteiger charge is -2.02. The van der Waals surface area contributed by atoms with Crippen LogP contribution in [0.25, 0.3) is 0 Å². The highest BCUT2D eigenvalue weighted by Crippen LogP contribution is 2.21. The van der Waals surface area contributed by atoms with Crippen LogP contribution in [0.3, 0.4) is 0 Å². The van der Waals surface area contributed by atoms with E-state index in [2.05, 4.69) is 0 Å². The molecule has 0 fully saturated rings. The monoisotopic (exact) mass is 220 g/mol. The van der Waals surface area contributed by atoms with E-state index in [-0.39, 0.29) is 0 Å². The second-order valence-corrected chi connectivity index (χ2v) is 2.55. The fourth-order valence-electron chi connectivity index (χ4n) is 0.794. The maximum absolute atomic E-state index is 9.50.